The van der Waals surface area contributed by atoms with Gasteiger partial charge in [-0.25, -0.2) is 32.2 Å². The van der Waals surface area contributed by atoms with Gasteiger partial charge in [0.05, 0.1) is 18.1 Å². The van der Waals surface area contributed by atoms with E-state index in [0.717, 1.165) is 12.3 Å². The molecule has 1 aliphatic carbocycles. The van der Waals surface area contributed by atoms with Crippen LogP contribution in [0, 0.1) is 5.82 Å². The lowest BCUT2D eigenvalue weighted by Gasteiger charge is -2.17. The van der Waals surface area contributed by atoms with Gasteiger partial charge in [0.15, 0.2) is 11.9 Å². The minimum absolute atomic E-state index is 0.158. The summed E-state index contributed by atoms with van der Waals surface area (Å²) in [4.78, 5) is 18.8. The van der Waals surface area contributed by atoms with Gasteiger partial charge in [-0.15, -0.1) is 0 Å². The number of fused-ring (bicyclic) bond motifs is 1. The van der Waals surface area contributed by atoms with Gasteiger partial charge in [-0.3, -0.25) is 4.79 Å². The first kappa shape index (κ1) is 16.6. The Kier molecular flexibility index (Phi) is 3.26. The van der Waals surface area contributed by atoms with Crippen molar-refractivity contribution in [2.75, 3.05) is 10.8 Å². The van der Waals surface area contributed by atoms with Gasteiger partial charge in [0.25, 0.3) is 11.8 Å². The standard InChI is InChI=1S/C13H9F3N4O5S/c14-10-11-5(17-3-9(18-11)25-7-2-13(7,15)16)1-6(21)12(10)20-4-8(22)19-26(20,23)24/h1,3,7,21H,2,4H2,(H,19,22). The fraction of sp³-hybridized carbons (Fsp3) is 0.308. The van der Waals surface area contributed by atoms with E-state index in [-0.39, 0.29) is 11.4 Å². The number of nitrogens with zero attached hydrogens (tertiary/aromatic N) is 3. The van der Waals surface area contributed by atoms with Gasteiger partial charge < -0.3 is 9.84 Å². The number of aromatic nitrogens is 2. The first-order chi connectivity index (χ1) is 12.1. The molecule has 13 heteroatoms. The number of nitrogens with one attached hydrogen (secondary N) is 1. The third-order valence-electron chi connectivity index (χ3n) is 3.81. The molecule has 138 valence electrons. The van der Waals surface area contributed by atoms with Crippen LogP contribution in [0.1, 0.15) is 6.42 Å². The smallest absolute Gasteiger partial charge is 0.326 e. The maximum Gasteiger partial charge on any atom is 0.326 e. The van der Waals surface area contributed by atoms with Crippen molar-refractivity contribution in [3.05, 3.63) is 18.1 Å². The number of carbonyl (C=O) groups is 1. The number of rotatable bonds is 3. The van der Waals surface area contributed by atoms with Crippen molar-refractivity contribution < 1.29 is 36.2 Å². The Balaban J connectivity index is 1.80. The molecule has 1 saturated carbocycles. The molecule has 2 fully saturated rings. The largest absolute Gasteiger partial charge is 0.506 e. The zero-order chi connectivity index (χ0) is 18.9. The predicted molar refractivity (Wildman–Crippen MR) is 79.5 cm³/mol. The van der Waals surface area contributed by atoms with E-state index < -0.39 is 63.9 Å². The summed E-state index contributed by atoms with van der Waals surface area (Å²) in [7, 11) is -4.38. The second-order valence-corrected chi connectivity index (χ2v) is 7.34. The number of phenolic OH excluding ortho intramolecular Hbond substituents is 1. The fourth-order valence-electron chi connectivity index (χ4n) is 2.47. The number of ether oxygens (including phenoxy) is 1. The first-order valence-electron chi connectivity index (χ1n) is 7.14. The second kappa shape index (κ2) is 5.09. The highest BCUT2D eigenvalue weighted by molar-refractivity contribution is 7.92. The summed E-state index contributed by atoms with van der Waals surface area (Å²) in [5.74, 6) is -6.37. The van der Waals surface area contributed by atoms with Crippen LogP contribution in [-0.4, -0.2) is 48.0 Å². The highest BCUT2D eigenvalue weighted by Crippen LogP contribution is 2.44. The van der Waals surface area contributed by atoms with E-state index in [4.69, 9.17) is 4.74 Å². The molecule has 4 rings (SSSR count). The van der Waals surface area contributed by atoms with Crippen LogP contribution in [0.15, 0.2) is 12.3 Å². The Hall–Kier alpha value is -2.83. The molecule has 26 heavy (non-hydrogen) atoms. The number of alkyl halides is 2. The van der Waals surface area contributed by atoms with Crippen LogP contribution in [0.5, 0.6) is 11.6 Å². The van der Waals surface area contributed by atoms with Gasteiger partial charge in [-0.1, -0.05) is 0 Å². The number of hydrogen-bond acceptors (Lipinski definition) is 7. The summed E-state index contributed by atoms with van der Waals surface area (Å²) >= 11 is 0. The van der Waals surface area contributed by atoms with Crippen LogP contribution >= 0.6 is 0 Å². The molecule has 2 aliphatic rings. The van der Waals surface area contributed by atoms with Gasteiger partial charge in [0.1, 0.15) is 23.5 Å². The molecule has 2 N–H and O–H groups in total. The summed E-state index contributed by atoms with van der Waals surface area (Å²) in [5, 5.41) is 9.98. The van der Waals surface area contributed by atoms with Crippen molar-refractivity contribution in [1.82, 2.24) is 14.7 Å². The molecule has 1 aromatic heterocycles. The first-order valence-corrected chi connectivity index (χ1v) is 8.58. The molecule has 0 radical (unpaired) electrons. The number of aromatic hydroxyl groups is 1. The van der Waals surface area contributed by atoms with Crippen LogP contribution < -0.4 is 13.8 Å². The molecular weight excluding hydrogens is 381 g/mol. The topological polar surface area (TPSA) is 122 Å². The third kappa shape index (κ3) is 2.55. The van der Waals surface area contributed by atoms with Gasteiger partial charge in [0.2, 0.25) is 5.88 Å². The minimum Gasteiger partial charge on any atom is -0.506 e. The van der Waals surface area contributed by atoms with E-state index in [1.807, 2.05) is 0 Å². The number of anilines is 1. The normalized spacial score (nSPS) is 23.1. The van der Waals surface area contributed by atoms with E-state index >= 15 is 0 Å². The van der Waals surface area contributed by atoms with Crippen LogP contribution in [-0.2, 0) is 15.0 Å². The lowest BCUT2D eigenvalue weighted by Crippen LogP contribution is -2.30. The average molecular weight is 390 g/mol. The number of benzene rings is 1. The zero-order valence-electron chi connectivity index (χ0n) is 12.6. The molecule has 0 spiro atoms. The quantitative estimate of drug-likeness (QED) is 0.780. The van der Waals surface area contributed by atoms with Gasteiger partial charge in [0, 0.05) is 6.07 Å². The fourth-order valence-corrected chi connectivity index (χ4v) is 3.64. The van der Waals surface area contributed by atoms with Crippen LogP contribution in [0.4, 0.5) is 18.9 Å². The van der Waals surface area contributed by atoms with E-state index in [0.29, 0.717) is 4.31 Å². The summed E-state index contributed by atoms with van der Waals surface area (Å²) in [6.45, 7) is -0.740. The number of amides is 1. The molecule has 1 aromatic carbocycles. The van der Waals surface area contributed by atoms with Gasteiger partial charge in [-0.2, -0.15) is 8.42 Å². The Labute approximate surface area is 143 Å². The van der Waals surface area contributed by atoms with E-state index in [2.05, 4.69) is 9.97 Å². The van der Waals surface area contributed by atoms with Crippen LogP contribution in [0.2, 0.25) is 0 Å². The average Bonchev–Trinajstić information content (AvgIpc) is 3.02. The molecule has 1 atom stereocenters. The second-order valence-electron chi connectivity index (χ2n) is 5.74. The monoisotopic (exact) mass is 390 g/mol. The van der Waals surface area contributed by atoms with Crippen molar-refractivity contribution in [3.63, 3.8) is 0 Å². The SMILES string of the molecule is O=C1CN(c2c(O)cc3ncc(OC4CC4(F)F)nc3c2F)S(=O)(=O)N1. The summed E-state index contributed by atoms with van der Waals surface area (Å²) in [6, 6.07) is 0.939. The van der Waals surface area contributed by atoms with Gasteiger partial charge in [-0.05, 0) is 0 Å². The van der Waals surface area contributed by atoms with E-state index in [1.165, 1.54) is 0 Å². The van der Waals surface area contributed by atoms with Crippen LogP contribution in [0.3, 0.4) is 0 Å². The summed E-state index contributed by atoms with van der Waals surface area (Å²) in [6.07, 6.45) is -0.919. The number of phenols is 1. The lowest BCUT2D eigenvalue weighted by molar-refractivity contribution is -0.117. The number of hydrogen-bond donors (Lipinski definition) is 2. The lowest BCUT2D eigenvalue weighted by atomic mass is 10.2. The molecule has 1 aliphatic heterocycles. The molecule has 1 saturated heterocycles. The third-order valence-corrected chi connectivity index (χ3v) is 5.19. The predicted octanol–water partition coefficient (Wildman–Crippen LogP) is 0.442. The van der Waals surface area contributed by atoms with E-state index in [9.17, 15) is 31.5 Å². The number of carbonyl (C=O) groups excluding carboxylic acids is 1. The maximum absolute atomic E-state index is 14.8. The molecule has 0 bridgehead atoms. The Bertz CT molecular complexity index is 1060. The minimum atomic E-state index is -4.38. The van der Waals surface area contributed by atoms with Crippen molar-refractivity contribution in [2.45, 2.75) is 18.4 Å². The number of halogens is 3. The maximum atomic E-state index is 14.8. The summed E-state index contributed by atoms with van der Waals surface area (Å²) in [5.41, 5.74) is -1.47. The van der Waals surface area contributed by atoms with Crippen LogP contribution in [0.25, 0.3) is 11.0 Å². The van der Waals surface area contributed by atoms with Gasteiger partial charge >= 0.3 is 10.2 Å². The highest BCUT2D eigenvalue weighted by Gasteiger charge is 2.60. The molecule has 2 heterocycles. The molecule has 9 nitrogen and oxygen atoms in total. The Morgan fingerprint density at radius 3 is 2.69 bits per heavy atom. The molecular formula is C13H9F3N4O5S. The Morgan fingerprint density at radius 2 is 2.12 bits per heavy atom. The van der Waals surface area contributed by atoms with E-state index in [1.54, 1.807) is 4.72 Å². The summed E-state index contributed by atoms with van der Waals surface area (Å²) < 4.78 is 71.3. The molecule has 2 aromatic rings. The van der Waals surface area contributed by atoms with Crippen molar-refractivity contribution >= 4 is 32.8 Å². The van der Waals surface area contributed by atoms with Crippen molar-refractivity contribution in [2.24, 2.45) is 0 Å². The Morgan fingerprint density at radius 1 is 1.42 bits per heavy atom. The highest BCUT2D eigenvalue weighted by atomic mass is 32.2. The van der Waals surface area contributed by atoms with Crippen molar-refractivity contribution in [1.29, 1.82) is 0 Å². The molecule has 1 amide bonds. The molecule has 1 unspecified atom stereocenters. The van der Waals surface area contributed by atoms with Crippen molar-refractivity contribution in [3.8, 4) is 11.6 Å². The zero-order valence-corrected chi connectivity index (χ0v) is 13.4.